The molecule has 7 nitrogen and oxygen atoms in total. The lowest BCUT2D eigenvalue weighted by atomic mass is 10.2. The number of amides is 2. The molecule has 166 valence electrons. The van der Waals surface area contributed by atoms with Crippen molar-refractivity contribution in [3.63, 3.8) is 0 Å². The molecule has 2 aromatic heterocycles. The number of carbonyl (C=O) groups excluding carboxylic acids is 2. The molecule has 0 saturated carbocycles. The summed E-state index contributed by atoms with van der Waals surface area (Å²) in [4.78, 5) is 34.4. The molecule has 0 fully saturated rings. The minimum Gasteiger partial charge on any atom is -0.327 e. The molecule has 0 aliphatic carbocycles. The first-order valence-electron chi connectivity index (χ1n) is 10.7. The maximum atomic E-state index is 12.7. The van der Waals surface area contributed by atoms with Crippen LogP contribution in [0.4, 0.5) is 11.5 Å². The van der Waals surface area contributed by atoms with E-state index in [-0.39, 0.29) is 11.8 Å². The molecule has 0 aliphatic heterocycles. The number of anilines is 2. The molecule has 5 aromatic rings. The molecule has 0 atom stereocenters. The number of hydrogen-bond donors (Lipinski definition) is 2. The van der Waals surface area contributed by atoms with Crippen molar-refractivity contribution < 1.29 is 9.59 Å². The standard InChI is InChI=1S/C27H21N5O2/c1-32-23-17-20(29-26(33)18-9-4-2-5-10-18)14-15-22(23)30-25(32)21-13-8-16-28-24(21)31-27(34)19-11-6-3-7-12-19/h2-17H,1H3,(H,29,33)(H,28,31,34). The highest BCUT2D eigenvalue weighted by Gasteiger charge is 2.17. The molecule has 5 rings (SSSR count). The van der Waals surface area contributed by atoms with Gasteiger partial charge in [0.05, 0.1) is 16.6 Å². The number of hydrogen-bond acceptors (Lipinski definition) is 4. The van der Waals surface area contributed by atoms with Crippen LogP contribution in [0.5, 0.6) is 0 Å². The molecule has 0 saturated heterocycles. The highest BCUT2D eigenvalue weighted by molar-refractivity contribution is 6.06. The quantitative estimate of drug-likeness (QED) is 0.390. The number of aryl methyl sites for hydroxylation is 1. The number of nitrogens with one attached hydrogen (secondary N) is 2. The van der Waals surface area contributed by atoms with Crippen molar-refractivity contribution in [1.82, 2.24) is 14.5 Å². The van der Waals surface area contributed by atoms with Crippen LogP contribution >= 0.6 is 0 Å². The second-order valence-electron chi connectivity index (χ2n) is 7.74. The molecule has 2 heterocycles. The predicted molar refractivity (Wildman–Crippen MR) is 133 cm³/mol. The van der Waals surface area contributed by atoms with Gasteiger partial charge in [0.25, 0.3) is 11.8 Å². The molecule has 0 bridgehead atoms. The molecule has 2 N–H and O–H groups in total. The second-order valence-corrected chi connectivity index (χ2v) is 7.74. The number of carbonyl (C=O) groups is 2. The summed E-state index contributed by atoms with van der Waals surface area (Å²) < 4.78 is 1.92. The fourth-order valence-electron chi connectivity index (χ4n) is 3.76. The maximum Gasteiger partial charge on any atom is 0.256 e. The Balaban J connectivity index is 1.46. The SMILES string of the molecule is Cn1c(-c2cccnc2NC(=O)c2ccccc2)nc2ccc(NC(=O)c3ccccc3)cc21. The van der Waals surface area contributed by atoms with E-state index < -0.39 is 0 Å². The number of pyridine rings is 1. The zero-order valence-corrected chi connectivity index (χ0v) is 18.4. The van der Waals surface area contributed by atoms with Gasteiger partial charge >= 0.3 is 0 Å². The van der Waals surface area contributed by atoms with Gasteiger partial charge < -0.3 is 15.2 Å². The summed E-state index contributed by atoms with van der Waals surface area (Å²) >= 11 is 0. The van der Waals surface area contributed by atoms with Gasteiger partial charge in [0.1, 0.15) is 11.6 Å². The van der Waals surface area contributed by atoms with Gasteiger partial charge in [0.2, 0.25) is 0 Å². The van der Waals surface area contributed by atoms with E-state index in [1.807, 2.05) is 72.3 Å². The Morgan fingerprint density at radius 3 is 2.09 bits per heavy atom. The van der Waals surface area contributed by atoms with E-state index in [2.05, 4.69) is 15.6 Å². The zero-order chi connectivity index (χ0) is 23.5. The first kappa shape index (κ1) is 21.1. The van der Waals surface area contributed by atoms with Gasteiger partial charge in [0.15, 0.2) is 0 Å². The highest BCUT2D eigenvalue weighted by atomic mass is 16.2. The number of benzene rings is 3. The summed E-state index contributed by atoms with van der Waals surface area (Å²) in [5, 5.41) is 5.82. The molecule has 7 heteroatoms. The number of fused-ring (bicyclic) bond motifs is 1. The molecule has 2 amide bonds. The minimum atomic E-state index is -0.245. The smallest absolute Gasteiger partial charge is 0.256 e. The van der Waals surface area contributed by atoms with Crippen molar-refractivity contribution >= 4 is 34.4 Å². The molecule has 34 heavy (non-hydrogen) atoms. The average Bonchev–Trinajstić information content (AvgIpc) is 3.21. The largest absolute Gasteiger partial charge is 0.327 e. The molecule has 3 aromatic carbocycles. The van der Waals surface area contributed by atoms with E-state index in [1.54, 1.807) is 36.5 Å². The number of rotatable bonds is 5. The Morgan fingerprint density at radius 1 is 0.765 bits per heavy atom. The van der Waals surface area contributed by atoms with E-state index >= 15 is 0 Å². The van der Waals surface area contributed by atoms with Crippen LogP contribution in [-0.2, 0) is 7.05 Å². The van der Waals surface area contributed by atoms with Crippen molar-refractivity contribution in [3.05, 3.63) is 108 Å². The van der Waals surface area contributed by atoms with Crippen molar-refractivity contribution in [2.45, 2.75) is 0 Å². The summed E-state index contributed by atoms with van der Waals surface area (Å²) in [6.07, 6.45) is 1.63. The lowest BCUT2D eigenvalue weighted by Crippen LogP contribution is -2.14. The monoisotopic (exact) mass is 447 g/mol. The van der Waals surface area contributed by atoms with Crippen LogP contribution in [0.1, 0.15) is 20.7 Å². The summed E-state index contributed by atoms with van der Waals surface area (Å²) in [5.41, 5.74) is 4.09. The van der Waals surface area contributed by atoms with Crippen LogP contribution in [0.3, 0.4) is 0 Å². The average molecular weight is 447 g/mol. The van der Waals surface area contributed by atoms with Gasteiger partial charge in [-0.25, -0.2) is 9.97 Å². The van der Waals surface area contributed by atoms with Crippen LogP contribution in [0, 0.1) is 0 Å². The number of nitrogens with zero attached hydrogens (tertiary/aromatic N) is 3. The third-order valence-electron chi connectivity index (χ3n) is 5.49. The van der Waals surface area contributed by atoms with E-state index in [9.17, 15) is 9.59 Å². The van der Waals surface area contributed by atoms with Gasteiger partial charge in [-0.1, -0.05) is 36.4 Å². The predicted octanol–water partition coefficient (Wildman–Crippen LogP) is 5.14. The summed E-state index contributed by atoms with van der Waals surface area (Å²) in [5.74, 6) is 0.649. The molecule has 0 radical (unpaired) electrons. The molecular weight excluding hydrogens is 426 g/mol. The lowest BCUT2D eigenvalue weighted by Gasteiger charge is -2.10. The normalized spacial score (nSPS) is 10.7. The van der Waals surface area contributed by atoms with Crippen LogP contribution < -0.4 is 10.6 Å². The summed E-state index contributed by atoms with van der Waals surface area (Å²) in [7, 11) is 1.89. The van der Waals surface area contributed by atoms with Crippen LogP contribution in [0.15, 0.2) is 97.2 Å². The van der Waals surface area contributed by atoms with Crippen LogP contribution in [-0.4, -0.2) is 26.3 Å². The fraction of sp³-hybridized carbons (Fsp3) is 0.0370. The Bertz CT molecular complexity index is 1490. The Kier molecular flexibility index (Phi) is 5.58. The van der Waals surface area contributed by atoms with Crippen molar-refractivity contribution in [1.29, 1.82) is 0 Å². The molecule has 0 aliphatic rings. The topological polar surface area (TPSA) is 88.9 Å². The highest BCUT2D eigenvalue weighted by Crippen LogP contribution is 2.30. The van der Waals surface area contributed by atoms with Gasteiger partial charge in [-0.15, -0.1) is 0 Å². The zero-order valence-electron chi connectivity index (χ0n) is 18.4. The number of aromatic nitrogens is 3. The van der Waals surface area contributed by atoms with Crippen LogP contribution in [0.25, 0.3) is 22.4 Å². The fourth-order valence-corrected chi connectivity index (χ4v) is 3.76. The Hall–Kier alpha value is -4.78. The van der Waals surface area contributed by atoms with Crippen molar-refractivity contribution in [3.8, 4) is 11.4 Å². The van der Waals surface area contributed by atoms with E-state index in [1.165, 1.54) is 0 Å². The van der Waals surface area contributed by atoms with Crippen LogP contribution in [0.2, 0.25) is 0 Å². The van der Waals surface area contributed by atoms with Crippen molar-refractivity contribution in [2.75, 3.05) is 10.6 Å². The first-order valence-corrected chi connectivity index (χ1v) is 10.7. The third kappa shape index (κ3) is 4.14. The second kappa shape index (κ2) is 8.99. The van der Waals surface area contributed by atoms with Gasteiger partial charge in [-0.3, -0.25) is 9.59 Å². The Labute approximate surface area is 196 Å². The van der Waals surface area contributed by atoms with Gasteiger partial charge in [-0.05, 0) is 54.6 Å². The van der Waals surface area contributed by atoms with Gasteiger partial charge in [-0.2, -0.15) is 0 Å². The minimum absolute atomic E-state index is 0.180. The summed E-state index contributed by atoms with van der Waals surface area (Å²) in [6.45, 7) is 0. The molecule has 0 spiro atoms. The number of imidazole rings is 1. The Morgan fingerprint density at radius 2 is 1.41 bits per heavy atom. The van der Waals surface area contributed by atoms with Crippen molar-refractivity contribution in [2.24, 2.45) is 7.05 Å². The molecule has 0 unspecified atom stereocenters. The third-order valence-corrected chi connectivity index (χ3v) is 5.49. The first-order chi connectivity index (χ1) is 16.6. The lowest BCUT2D eigenvalue weighted by molar-refractivity contribution is 0.101. The van der Waals surface area contributed by atoms with E-state index in [0.29, 0.717) is 34.0 Å². The maximum absolute atomic E-state index is 12.7. The van der Waals surface area contributed by atoms with E-state index in [4.69, 9.17) is 4.98 Å². The van der Waals surface area contributed by atoms with E-state index in [0.717, 1.165) is 11.0 Å². The molecular formula is C27H21N5O2. The summed E-state index contributed by atoms with van der Waals surface area (Å²) in [6, 6.07) is 27.3. The van der Waals surface area contributed by atoms with Gasteiger partial charge in [0, 0.05) is 30.1 Å².